The van der Waals surface area contributed by atoms with E-state index in [1.807, 2.05) is 0 Å². The van der Waals surface area contributed by atoms with Crippen LogP contribution >= 0.6 is 11.6 Å². The van der Waals surface area contributed by atoms with Crippen LogP contribution in [0.2, 0.25) is 5.02 Å². The van der Waals surface area contributed by atoms with Gasteiger partial charge in [0.15, 0.2) is 0 Å². The first-order valence-corrected chi connectivity index (χ1v) is 5.47. The molecule has 8 heteroatoms. The van der Waals surface area contributed by atoms with Gasteiger partial charge in [-0.05, 0) is 18.6 Å². The first-order chi connectivity index (χ1) is 6.73. The number of nitro benzene ring substituents is 1. The van der Waals surface area contributed by atoms with Crippen LogP contribution in [0, 0.1) is 17.0 Å². The molecular formula is C7H6ClNO5S. The molecule has 0 fully saturated rings. The SMILES string of the molecule is Cc1cc([N+](=O)[O-])c(Cl)c(S(=O)(=O)O)c1. The van der Waals surface area contributed by atoms with Crippen molar-refractivity contribution in [2.24, 2.45) is 0 Å². The Kier molecular flexibility index (Phi) is 2.98. The van der Waals surface area contributed by atoms with Gasteiger partial charge in [0.2, 0.25) is 0 Å². The quantitative estimate of drug-likeness (QED) is 0.491. The minimum absolute atomic E-state index is 0.318. The highest BCUT2D eigenvalue weighted by Crippen LogP contribution is 2.32. The van der Waals surface area contributed by atoms with Crippen molar-refractivity contribution in [3.63, 3.8) is 0 Å². The van der Waals surface area contributed by atoms with Crippen molar-refractivity contribution in [1.29, 1.82) is 0 Å². The van der Waals surface area contributed by atoms with E-state index in [-0.39, 0.29) is 0 Å². The third kappa shape index (κ3) is 2.44. The van der Waals surface area contributed by atoms with Crippen molar-refractivity contribution in [2.75, 3.05) is 0 Å². The van der Waals surface area contributed by atoms with Gasteiger partial charge in [-0.3, -0.25) is 14.7 Å². The summed E-state index contributed by atoms with van der Waals surface area (Å²) in [5.74, 6) is 0. The average molecular weight is 252 g/mol. The van der Waals surface area contributed by atoms with E-state index in [1.54, 1.807) is 0 Å². The van der Waals surface area contributed by atoms with Crippen molar-refractivity contribution < 1.29 is 17.9 Å². The van der Waals surface area contributed by atoms with E-state index in [9.17, 15) is 18.5 Å². The van der Waals surface area contributed by atoms with Crippen molar-refractivity contribution in [2.45, 2.75) is 11.8 Å². The Morgan fingerprint density at radius 3 is 2.40 bits per heavy atom. The molecule has 0 heterocycles. The highest BCUT2D eigenvalue weighted by Gasteiger charge is 2.23. The van der Waals surface area contributed by atoms with Gasteiger partial charge in [0.1, 0.15) is 9.92 Å². The summed E-state index contributed by atoms with van der Waals surface area (Å²) in [4.78, 5) is 9.03. The minimum Gasteiger partial charge on any atom is -0.282 e. The Morgan fingerprint density at radius 2 is 2.00 bits per heavy atom. The van der Waals surface area contributed by atoms with Crippen LogP contribution in [-0.2, 0) is 10.1 Å². The Hall–Kier alpha value is -1.18. The van der Waals surface area contributed by atoms with Crippen LogP contribution in [0.1, 0.15) is 5.56 Å². The van der Waals surface area contributed by atoms with Gasteiger partial charge in [0.05, 0.1) is 4.92 Å². The molecule has 1 rings (SSSR count). The number of nitrogens with zero attached hydrogens (tertiary/aromatic N) is 1. The maximum absolute atomic E-state index is 10.8. The molecule has 0 aliphatic heterocycles. The predicted molar refractivity (Wildman–Crippen MR) is 52.7 cm³/mol. The van der Waals surface area contributed by atoms with Crippen LogP contribution in [-0.4, -0.2) is 17.9 Å². The van der Waals surface area contributed by atoms with Gasteiger partial charge in [0.25, 0.3) is 15.8 Å². The van der Waals surface area contributed by atoms with Gasteiger partial charge in [-0.25, -0.2) is 0 Å². The summed E-state index contributed by atoms with van der Waals surface area (Å²) in [5, 5.41) is 9.91. The molecule has 1 N–H and O–H groups in total. The molecule has 1 aromatic carbocycles. The molecule has 0 bridgehead atoms. The van der Waals surface area contributed by atoms with Gasteiger partial charge in [-0.15, -0.1) is 0 Å². The Labute approximate surface area is 90.4 Å². The molecule has 15 heavy (non-hydrogen) atoms. The monoisotopic (exact) mass is 251 g/mol. The number of hydrogen-bond donors (Lipinski definition) is 1. The number of nitro groups is 1. The molecule has 0 aliphatic rings. The lowest BCUT2D eigenvalue weighted by atomic mass is 10.2. The lowest BCUT2D eigenvalue weighted by molar-refractivity contribution is -0.385. The van der Waals surface area contributed by atoms with Crippen LogP contribution in [0.25, 0.3) is 0 Å². The molecule has 6 nitrogen and oxygen atoms in total. The summed E-state index contributed by atoms with van der Waals surface area (Å²) in [6, 6.07) is 2.18. The molecule has 0 spiro atoms. The molecule has 0 saturated heterocycles. The second-order valence-electron chi connectivity index (χ2n) is 2.83. The smallest absolute Gasteiger partial charge is 0.282 e. The van der Waals surface area contributed by atoms with Crippen molar-refractivity contribution >= 4 is 27.4 Å². The summed E-state index contributed by atoms with van der Waals surface area (Å²) >= 11 is 5.48. The van der Waals surface area contributed by atoms with Crippen molar-refractivity contribution in [1.82, 2.24) is 0 Å². The van der Waals surface area contributed by atoms with Crippen molar-refractivity contribution in [3.05, 3.63) is 32.8 Å². The number of halogens is 1. The summed E-state index contributed by atoms with van der Waals surface area (Å²) in [5.41, 5.74) is -0.233. The van der Waals surface area contributed by atoms with Crippen molar-refractivity contribution in [3.8, 4) is 0 Å². The third-order valence-electron chi connectivity index (χ3n) is 1.64. The fourth-order valence-electron chi connectivity index (χ4n) is 1.04. The van der Waals surface area contributed by atoms with Crippen LogP contribution in [0.4, 0.5) is 5.69 Å². The second kappa shape index (κ2) is 3.76. The molecule has 0 radical (unpaired) electrons. The van der Waals surface area contributed by atoms with E-state index in [4.69, 9.17) is 16.2 Å². The summed E-state index contributed by atoms with van der Waals surface area (Å²) in [7, 11) is -4.55. The Morgan fingerprint density at radius 1 is 1.47 bits per heavy atom. The fraction of sp³-hybridized carbons (Fsp3) is 0.143. The van der Waals surface area contributed by atoms with Crippen LogP contribution in [0.5, 0.6) is 0 Å². The summed E-state index contributed by atoms with van der Waals surface area (Å²) in [6.07, 6.45) is 0. The zero-order valence-electron chi connectivity index (χ0n) is 7.47. The number of benzene rings is 1. The number of rotatable bonds is 2. The third-order valence-corrected chi connectivity index (χ3v) is 3.03. The Balaban J connectivity index is 3.63. The lowest BCUT2D eigenvalue weighted by Gasteiger charge is -2.03. The summed E-state index contributed by atoms with van der Waals surface area (Å²) < 4.78 is 30.4. The van der Waals surface area contributed by atoms with E-state index in [2.05, 4.69) is 0 Å². The van der Waals surface area contributed by atoms with E-state index >= 15 is 0 Å². The van der Waals surface area contributed by atoms with Crippen LogP contribution in [0.15, 0.2) is 17.0 Å². The second-order valence-corrected chi connectivity index (χ2v) is 4.60. The van der Waals surface area contributed by atoms with E-state index in [1.165, 1.54) is 6.92 Å². The van der Waals surface area contributed by atoms with E-state index in [0.29, 0.717) is 5.56 Å². The maximum atomic E-state index is 10.8. The highest BCUT2D eigenvalue weighted by atomic mass is 35.5. The van der Waals surface area contributed by atoms with Gasteiger partial charge >= 0.3 is 0 Å². The van der Waals surface area contributed by atoms with Crippen LogP contribution in [0.3, 0.4) is 0 Å². The molecule has 0 amide bonds. The molecule has 0 saturated carbocycles. The first-order valence-electron chi connectivity index (χ1n) is 3.65. The van der Waals surface area contributed by atoms with Crippen LogP contribution < -0.4 is 0 Å². The van der Waals surface area contributed by atoms with E-state index < -0.39 is 30.6 Å². The predicted octanol–water partition coefficient (Wildman–Crippen LogP) is 1.80. The molecule has 0 unspecified atom stereocenters. The zero-order chi connectivity index (χ0) is 11.8. The zero-order valence-corrected chi connectivity index (χ0v) is 9.04. The molecule has 0 aliphatic carbocycles. The maximum Gasteiger partial charge on any atom is 0.296 e. The average Bonchev–Trinajstić information content (AvgIpc) is 2.06. The molecular weight excluding hydrogens is 246 g/mol. The minimum atomic E-state index is -4.55. The standard InChI is InChI=1S/C7H6ClNO5S/c1-4-2-5(9(10)11)7(8)6(3-4)15(12,13)14/h2-3H,1H3,(H,12,13,14). The highest BCUT2D eigenvalue weighted by molar-refractivity contribution is 7.86. The molecule has 0 aromatic heterocycles. The Bertz CT molecular complexity index is 524. The van der Waals surface area contributed by atoms with Gasteiger partial charge in [-0.2, -0.15) is 8.42 Å². The topological polar surface area (TPSA) is 97.5 Å². The lowest BCUT2D eigenvalue weighted by Crippen LogP contribution is -2.02. The molecule has 82 valence electrons. The fourth-order valence-corrected chi connectivity index (χ4v) is 2.17. The molecule has 1 aromatic rings. The normalized spacial score (nSPS) is 11.4. The van der Waals surface area contributed by atoms with Gasteiger partial charge in [0, 0.05) is 6.07 Å². The van der Waals surface area contributed by atoms with Gasteiger partial charge < -0.3 is 0 Å². The summed E-state index contributed by atoms with van der Waals surface area (Å²) in [6.45, 7) is 1.46. The van der Waals surface area contributed by atoms with Gasteiger partial charge in [-0.1, -0.05) is 11.6 Å². The van der Waals surface area contributed by atoms with E-state index in [0.717, 1.165) is 12.1 Å². The first kappa shape index (κ1) is 11.9. The molecule has 0 atom stereocenters. The largest absolute Gasteiger partial charge is 0.296 e. The number of hydrogen-bond acceptors (Lipinski definition) is 4. The number of aryl methyl sites for hydroxylation is 1.